The number of hydrogen-bond acceptors (Lipinski definition) is 1. The number of likely N-dealkylation sites (N-methyl/N-ethyl adjacent to an activating group) is 1. The third kappa shape index (κ3) is 2.88. The van der Waals surface area contributed by atoms with Gasteiger partial charge in [-0.05, 0) is 26.3 Å². The number of rotatable bonds is 4. The minimum Gasteiger partial charge on any atom is -0.331 e. The second kappa shape index (κ2) is 5.54. The lowest BCUT2D eigenvalue weighted by Gasteiger charge is -2.30. The lowest BCUT2D eigenvalue weighted by atomic mass is 9.83. The van der Waals surface area contributed by atoms with Crippen LogP contribution in [0.25, 0.3) is 0 Å². The van der Waals surface area contributed by atoms with Gasteiger partial charge < -0.3 is 4.90 Å². The number of benzene rings is 1. The molecule has 0 radical (unpaired) electrons. The maximum Gasteiger partial charge on any atom is 0.233 e. The molecule has 0 heterocycles. The number of hydrogen-bond donors (Lipinski definition) is 0. The number of terminal acetylenes is 1. The maximum absolute atomic E-state index is 12.4. The molecule has 0 aliphatic rings. The predicted octanol–water partition coefficient (Wildman–Crippen LogP) is 2.45. The summed E-state index contributed by atoms with van der Waals surface area (Å²) in [6, 6.07) is 9.79. The zero-order chi connectivity index (χ0) is 12.9. The van der Waals surface area contributed by atoms with Crippen LogP contribution in [0.2, 0.25) is 0 Å². The van der Waals surface area contributed by atoms with E-state index in [-0.39, 0.29) is 5.91 Å². The van der Waals surface area contributed by atoms with Gasteiger partial charge in [0.2, 0.25) is 5.91 Å². The summed E-state index contributed by atoms with van der Waals surface area (Å²) in [5, 5.41) is 0. The van der Waals surface area contributed by atoms with Gasteiger partial charge in [-0.3, -0.25) is 4.79 Å². The van der Waals surface area contributed by atoms with E-state index in [1.807, 2.05) is 51.1 Å². The van der Waals surface area contributed by atoms with Crippen molar-refractivity contribution in [2.24, 2.45) is 0 Å². The fourth-order valence-electron chi connectivity index (χ4n) is 1.81. The van der Waals surface area contributed by atoms with Crippen LogP contribution in [0.15, 0.2) is 30.3 Å². The summed E-state index contributed by atoms with van der Waals surface area (Å²) < 4.78 is 0. The van der Waals surface area contributed by atoms with Crippen LogP contribution in [0.3, 0.4) is 0 Å². The molecule has 2 nitrogen and oxygen atoms in total. The second-order valence-corrected chi connectivity index (χ2v) is 4.51. The zero-order valence-electron chi connectivity index (χ0n) is 10.7. The molecule has 1 rings (SSSR count). The lowest BCUT2D eigenvalue weighted by Crippen LogP contribution is -2.43. The van der Waals surface area contributed by atoms with Crippen LogP contribution in [-0.2, 0) is 10.2 Å². The summed E-state index contributed by atoms with van der Waals surface area (Å²) in [7, 11) is 0. The highest BCUT2D eigenvalue weighted by Gasteiger charge is 2.32. The molecule has 0 aliphatic heterocycles. The molecule has 2 heteroatoms. The van der Waals surface area contributed by atoms with E-state index in [0.29, 0.717) is 13.1 Å². The van der Waals surface area contributed by atoms with Gasteiger partial charge in [-0.2, -0.15) is 0 Å². The Bertz CT molecular complexity index is 414. The molecule has 1 aromatic rings. The van der Waals surface area contributed by atoms with E-state index < -0.39 is 5.41 Å². The van der Waals surface area contributed by atoms with Gasteiger partial charge in [-0.15, -0.1) is 6.42 Å². The van der Waals surface area contributed by atoms with Crippen LogP contribution >= 0.6 is 0 Å². The molecule has 0 N–H and O–H groups in total. The molecule has 0 saturated heterocycles. The highest BCUT2D eigenvalue weighted by atomic mass is 16.2. The molecule has 1 aromatic carbocycles. The molecular weight excluding hydrogens is 210 g/mol. The van der Waals surface area contributed by atoms with Crippen LogP contribution in [0.5, 0.6) is 0 Å². The quantitative estimate of drug-likeness (QED) is 0.726. The first-order valence-electron chi connectivity index (χ1n) is 5.82. The summed E-state index contributed by atoms with van der Waals surface area (Å²) in [5.41, 5.74) is 0.481. The molecule has 0 saturated carbocycles. The van der Waals surface area contributed by atoms with E-state index in [2.05, 4.69) is 5.92 Å². The monoisotopic (exact) mass is 229 g/mol. The molecule has 0 aromatic heterocycles. The van der Waals surface area contributed by atoms with E-state index in [4.69, 9.17) is 6.42 Å². The van der Waals surface area contributed by atoms with E-state index in [9.17, 15) is 4.79 Å². The Morgan fingerprint density at radius 2 is 1.94 bits per heavy atom. The first-order valence-corrected chi connectivity index (χ1v) is 5.82. The third-order valence-electron chi connectivity index (χ3n) is 2.98. The Morgan fingerprint density at radius 1 is 1.35 bits per heavy atom. The van der Waals surface area contributed by atoms with Gasteiger partial charge in [0.15, 0.2) is 0 Å². The molecule has 0 aliphatic carbocycles. The lowest BCUT2D eigenvalue weighted by molar-refractivity contribution is -0.135. The van der Waals surface area contributed by atoms with Crippen LogP contribution in [0, 0.1) is 12.3 Å². The van der Waals surface area contributed by atoms with Gasteiger partial charge in [0.05, 0.1) is 12.0 Å². The largest absolute Gasteiger partial charge is 0.331 e. The van der Waals surface area contributed by atoms with Crippen molar-refractivity contribution in [2.45, 2.75) is 26.2 Å². The molecule has 0 atom stereocenters. The number of carbonyl (C=O) groups excluding carboxylic acids is 1. The smallest absolute Gasteiger partial charge is 0.233 e. The van der Waals surface area contributed by atoms with Gasteiger partial charge in [0.1, 0.15) is 0 Å². The van der Waals surface area contributed by atoms with Crippen LogP contribution in [0.1, 0.15) is 26.3 Å². The zero-order valence-corrected chi connectivity index (χ0v) is 10.7. The Hall–Kier alpha value is -1.75. The average Bonchev–Trinajstić information content (AvgIpc) is 2.36. The summed E-state index contributed by atoms with van der Waals surface area (Å²) in [4.78, 5) is 14.1. The average molecular weight is 229 g/mol. The predicted molar refractivity (Wildman–Crippen MR) is 70.6 cm³/mol. The molecule has 17 heavy (non-hydrogen) atoms. The van der Waals surface area contributed by atoms with Gasteiger partial charge in [0.25, 0.3) is 0 Å². The van der Waals surface area contributed by atoms with Crippen molar-refractivity contribution in [1.82, 2.24) is 4.90 Å². The number of carbonyl (C=O) groups is 1. The van der Waals surface area contributed by atoms with Crippen LogP contribution < -0.4 is 0 Å². The van der Waals surface area contributed by atoms with Crippen molar-refractivity contribution < 1.29 is 4.79 Å². The van der Waals surface area contributed by atoms with E-state index in [0.717, 1.165) is 5.56 Å². The van der Waals surface area contributed by atoms with Gasteiger partial charge >= 0.3 is 0 Å². The fraction of sp³-hybridized carbons (Fsp3) is 0.400. The molecule has 0 fully saturated rings. The van der Waals surface area contributed by atoms with Crippen molar-refractivity contribution >= 4 is 5.91 Å². The molecule has 1 amide bonds. The first-order chi connectivity index (χ1) is 8.04. The van der Waals surface area contributed by atoms with Crippen molar-refractivity contribution in [3.8, 4) is 12.3 Å². The van der Waals surface area contributed by atoms with E-state index >= 15 is 0 Å². The molecule has 90 valence electrons. The summed E-state index contributed by atoms with van der Waals surface area (Å²) >= 11 is 0. The Labute approximate surface area is 104 Å². The van der Waals surface area contributed by atoms with Crippen molar-refractivity contribution in [3.63, 3.8) is 0 Å². The van der Waals surface area contributed by atoms with Crippen molar-refractivity contribution in [3.05, 3.63) is 35.9 Å². The number of amides is 1. The van der Waals surface area contributed by atoms with Crippen molar-refractivity contribution in [2.75, 3.05) is 13.1 Å². The van der Waals surface area contributed by atoms with Gasteiger partial charge in [-0.25, -0.2) is 0 Å². The molecule has 0 spiro atoms. The highest BCUT2D eigenvalue weighted by molar-refractivity contribution is 5.87. The van der Waals surface area contributed by atoms with Gasteiger partial charge in [0, 0.05) is 6.54 Å². The minimum absolute atomic E-state index is 0.0733. The SMILES string of the molecule is C#CCN(CC)C(=O)C(C)(C)c1ccccc1. The van der Waals surface area contributed by atoms with E-state index in [1.54, 1.807) is 4.90 Å². The third-order valence-corrected chi connectivity index (χ3v) is 2.98. The standard InChI is InChI=1S/C15H19NO/c1-5-12-16(6-2)14(17)15(3,4)13-10-8-7-9-11-13/h1,7-11H,6,12H2,2-4H3. The molecule has 0 bridgehead atoms. The molecular formula is C15H19NO. The van der Waals surface area contributed by atoms with E-state index in [1.165, 1.54) is 0 Å². The van der Waals surface area contributed by atoms with Crippen molar-refractivity contribution in [1.29, 1.82) is 0 Å². The van der Waals surface area contributed by atoms with Crippen LogP contribution in [0.4, 0.5) is 0 Å². The summed E-state index contributed by atoms with van der Waals surface area (Å²) in [6.45, 7) is 6.81. The Kier molecular flexibility index (Phi) is 4.34. The van der Waals surface area contributed by atoms with Crippen LogP contribution in [-0.4, -0.2) is 23.9 Å². The highest BCUT2D eigenvalue weighted by Crippen LogP contribution is 2.25. The summed E-state index contributed by atoms with van der Waals surface area (Å²) in [5.74, 6) is 2.60. The normalized spacial score (nSPS) is 10.7. The fourth-order valence-corrected chi connectivity index (χ4v) is 1.81. The topological polar surface area (TPSA) is 20.3 Å². The van der Waals surface area contributed by atoms with Gasteiger partial charge in [-0.1, -0.05) is 36.3 Å². The Morgan fingerprint density at radius 3 is 2.41 bits per heavy atom. The second-order valence-electron chi connectivity index (χ2n) is 4.51. The summed E-state index contributed by atoms with van der Waals surface area (Å²) in [6.07, 6.45) is 5.28. The Balaban J connectivity index is 2.98. The first kappa shape index (κ1) is 13.3. The minimum atomic E-state index is -0.534. The molecule has 0 unspecified atom stereocenters. The maximum atomic E-state index is 12.4. The number of nitrogens with zero attached hydrogens (tertiary/aromatic N) is 1.